The highest BCUT2D eigenvalue weighted by molar-refractivity contribution is 9.10. The van der Waals surface area contributed by atoms with Crippen molar-refractivity contribution >= 4 is 22.0 Å². The van der Waals surface area contributed by atoms with Gasteiger partial charge in [0, 0.05) is 4.47 Å². The van der Waals surface area contributed by atoms with Gasteiger partial charge in [0.2, 0.25) is 0 Å². The molecule has 1 fully saturated rings. The molecule has 0 unspecified atom stereocenters. The van der Waals surface area contributed by atoms with E-state index in [0.717, 1.165) is 4.47 Å². The first-order valence-corrected chi connectivity index (χ1v) is 5.35. The van der Waals surface area contributed by atoms with Gasteiger partial charge >= 0.3 is 6.09 Å². The summed E-state index contributed by atoms with van der Waals surface area (Å²) in [5.41, 5.74) is 0. The van der Waals surface area contributed by atoms with Gasteiger partial charge in [-0.3, -0.25) is 0 Å². The SMILES string of the molecule is O=C(Oc1ccc(Br)cc1)N1CC(O)C1. The Labute approximate surface area is 95.6 Å². The Morgan fingerprint density at radius 1 is 1.40 bits per heavy atom. The summed E-state index contributed by atoms with van der Waals surface area (Å²) in [7, 11) is 0. The zero-order valence-electron chi connectivity index (χ0n) is 7.89. The third kappa shape index (κ3) is 2.49. The molecular formula is C10H10BrNO3. The largest absolute Gasteiger partial charge is 0.415 e. The van der Waals surface area contributed by atoms with Gasteiger partial charge in [-0.15, -0.1) is 0 Å². The summed E-state index contributed by atoms with van der Waals surface area (Å²) in [6.07, 6.45) is -0.815. The fourth-order valence-corrected chi connectivity index (χ4v) is 1.54. The molecule has 0 aromatic heterocycles. The second-order valence-electron chi connectivity index (χ2n) is 3.38. The maximum absolute atomic E-state index is 11.4. The maximum Gasteiger partial charge on any atom is 0.415 e. The van der Waals surface area contributed by atoms with Crippen LogP contribution in [0.15, 0.2) is 28.7 Å². The fourth-order valence-electron chi connectivity index (χ4n) is 1.27. The molecule has 2 rings (SSSR count). The fraction of sp³-hybridized carbons (Fsp3) is 0.300. The van der Waals surface area contributed by atoms with E-state index in [4.69, 9.17) is 9.84 Å². The van der Waals surface area contributed by atoms with Crippen LogP contribution in [-0.4, -0.2) is 35.3 Å². The lowest BCUT2D eigenvalue weighted by atomic mass is 10.2. The van der Waals surface area contributed by atoms with Crippen LogP contribution in [0.5, 0.6) is 5.75 Å². The molecule has 1 N–H and O–H groups in total. The molecule has 1 aromatic carbocycles. The molecule has 4 nitrogen and oxygen atoms in total. The molecule has 15 heavy (non-hydrogen) atoms. The molecule has 80 valence electrons. The van der Waals surface area contributed by atoms with Gasteiger partial charge in [-0.1, -0.05) is 15.9 Å². The number of hydrogen-bond acceptors (Lipinski definition) is 3. The zero-order chi connectivity index (χ0) is 10.8. The molecule has 5 heteroatoms. The number of nitrogens with zero attached hydrogens (tertiary/aromatic N) is 1. The van der Waals surface area contributed by atoms with Gasteiger partial charge in [0.05, 0.1) is 19.2 Å². The maximum atomic E-state index is 11.4. The monoisotopic (exact) mass is 271 g/mol. The van der Waals surface area contributed by atoms with Gasteiger partial charge in [0.1, 0.15) is 5.75 Å². The number of benzene rings is 1. The number of hydrogen-bond donors (Lipinski definition) is 1. The van der Waals surface area contributed by atoms with Crippen molar-refractivity contribution in [3.05, 3.63) is 28.7 Å². The Bertz CT molecular complexity index is 359. The number of ether oxygens (including phenoxy) is 1. The summed E-state index contributed by atoms with van der Waals surface area (Å²) in [5.74, 6) is 0.504. The lowest BCUT2D eigenvalue weighted by molar-refractivity contribution is 0.0127. The van der Waals surface area contributed by atoms with E-state index in [9.17, 15) is 4.79 Å². The molecule has 1 aliphatic rings. The van der Waals surface area contributed by atoms with E-state index in [0.29, 0.717) is 18.8 Å². The Kier molecular flexibility index (Phi) is 2.93. The molecule has 1 amide bonds. The van der Waals surface area contributed by atoms with Gasteiger partial charge in [-0.05, 0) is 24.3 Å². The number of rotatable bonds is 1. The van der Waals surface area contributed by atoms with Crippen LogP contribution >= 0.6 is 15.9 Å². The summed E-state index contributed by atoms with van der Waals surface area (Å²) in [4.78, 5) is 12.9. The minimum Gasteiger partial charge on any atom is -0.410 e. The van der Waals surface area contributed by atoms with Gasteiger partial charge in [0.15, 0.2) is 0 Å². The second kappa shape index (κ2) is 4.20. The minimum absolute atomic E-state index is 0.357. The van der Waals surface area contributed by atoms with E-state index in [1.54, 1.807) is 24.3 Å². The van der Waals surface area contributed by atoms with Crippen molar-refractivity contribution in [3.63, 3.8) is 0 Å². The van der Waals surface area contributed by atoms with Crippen molar-refractivity contribution in [2.45, 2.75) is 6.10 Å². The highest BCUT2D eigenvalue weighted by Gasteiger charge is 2.30. The summed E-state index contributed by atoms with van der Waals surface area (Å²) in [5, 5.41) is 9.01. The number of β-amino-alcohol motifs (C(OH)–C–C–N with tert-alkyl or cyclic N) is 1. The summed E-state index contributed by atoms with van der Waals surface area (Å²) in [6.45, 7) is 0.713. The first kappa shape index (κ1) is 10.4. The standard InChI is InChI=1S/C10H10BrNO3/c11-7-1-3-9(4-2-7)15-10(14)12-5-8(13)6-12/h1-4,8,13H,5-6H2. The highest BCUT2D eigenvalue weighted by Crippen LogP contribution is 2.18. The predicted molar refractivity (Wildman–Crippen MR) is 57.7 cm³/mol. The van der Waals surface area contributed by atoms with Gasteiger partial charge in [-0.25, -0.2) is 4.79 Å². The highest BCUT2D eigenvalue weighted by atomic mass is 79.9. The second-order valence-corrected chi connectivity index (χ2v) is 4.30. The minimum atomic E-state index is -0.414. The number of aliphatic hydroxyl groups is 1. The molecule has 1 heterocycles. The van der Waals surface area contributed by atoms with Crippen LogP contribution in [0.2, 0.25) is 0 Å². The number of likely N-dealkylation sites (tertiary alicyclic amines) is 1. The van der Waals surface area contributed by atoms with Crippen LogP contribution in [0, 0.1) is 0 Å². The van der Waals surface area contributed by atoms with Crippen molar-refractivity contribution in [2.75, 3.05) is 13.1 Å². The molecule has 1 saturated heterocycles. The first-order valence-electron chi connectivity index (χ1n) is 4.55. The molecule has 1 aliphatic heterocycles. The third-order valence-electron chi connectivity index (χ3n) is 2.14. The molecule has 0 bridgehead atoms. The number of amides is 1. The Hall–Kier alpha value is -1.07. The van der Waals surface area contributed by atoms with Crippen LogP contribution in [0.3, 0.4) is 0 Å². The molecule has 0 saturated carbocycles. The molecule has 0 atom stereocenters. The molecule has 0 radical (unpaired) electrons. The predicted octanol–water partition coefficient (Wildman–Crippen LogP) is 1.62. The average molecular weight is 272 g/mol. The average Bonchev–Trinajstić information content (AvgIpc) is 2.17. The van der Waals surface area contributed by atoms with Gasteiger partial charge in [-0.2, -0.15) is 0 Å². The van der Waals surface area contributed by atoms with Crippen LogP contribution in [0.25, 0.3) is 0 Å². The van der Waals surface area contributed by atoms with Crippen molar-refractivity contribution in [3.8, 4) is 5.75 Å². The van der Waals surface area contributed by atoms with E-state index in [-0.39, 0.29) is 0 Å². The summed E-state index contributed by atoms with van der Waals surface area (Å²) >= 11 is 3.29. The normalized spacial score (nSPS) is 16.0. The van der Waals surface area contributed by atoms with Crippen LogP contribution in [0.1, 0.15) is 0 Å². The number of carbonyl (C=O) groups excluding carboxylic acids is 1. The number of aliphatic hydroxyl groups excluding tert-OH is 1. The molecule has 0 spiro atoms. The topological polar surface area (TPSA) is 49.8 Å². The number of halogens is 1. The quantitative estimate of drug-likeness (QED) is 0.845. The lowest BCUT2D eigenvalue weighted by Crippen LogP contribution is -2.54. The third-order valence-corrected chi connectivity index (χ3v) is 2.67. The van der Waals surface area contributed by atoms with E-state index in [2.05, 4.69) is 15.9 Å². The van der Waals surface area contributed by atoms with Crippen molar-refractivity contribution in [1.29, 1.82) is 0 Å². The Morgan fingerprint density at radius 2 is 2.00 bits per heavy atom. The van der Waals surface area contributed by atoms with E-state index < -0.39 is 12.2 Å². The van der Waals surface area contributed by atoms with E-state index >= 15 is 0 Å². The zero-order valence-corrected chi connectivity index (χ0v) is 9.48. The van der Waals surface area contributed by atoms with Crippen molar-refractivity contribution in [2.24, 2.45) is 0 Å². The van der Waals surface area contributed by atoms with E-state index in [1.165, 1.54) is 4.90 Å². The van der Waals surface area contributed by atoms with Gasteiger partial charge in [0.25, 0.3) is 0 Å². The van der Waals surface area contributed by atoms with Crippen LogP contribution in [-0.2, 0) is 0 Å². The molecule has 1 aromatic rings. The van der Waals surface area contributed by atoms with Gasteiger partial charge < -0.3 is 14.7 Å². The Balaban J connectivity index is 1.91. The first-order chi connectivity index (χ1) is 7.15. The summed E-state index contributed by atoms with van der Waals surface area (Å²) in [6, 6.07) is 7.01. The van der Waals surface area contributed by atoms with E-state index in [1.807, 2.05) is 0 Å². The molecular weight excluding hydrogens is 262 g/mol. The Morgan fingerprint density at radius 3 is 2.53 bits per heavy atom. The number of carbonyl (C=O) groups is 1. The van der Waals surface area contributed by atoms with Crippen LogP contribution < -0.4 is 4.74 Å². The molecule has 0 aliphatic carbocycles. The smallest absolute Gasteiger partial charge is 0.410 e. The van der Waals surface area contributed by atoms with Crippen molar-refractivity contribution in [1.82, 2.24) is 4.90 Å². The van der Waals surface area contributed by atoms with Crippen molar-refractivity contribution < 1.29 is 14.6 Å². The summed E-state index contributed by atoms with van der Waals surface area (Å²) < 4.78 is 6.01. The lowest BCUT2D eigenvalue weighted by Gasteiger charge is -2.34. The van der Waals surface area contributed by atoms with Crippen LogP contribution in [0.4, 0.5) is 4.79 Å².